The molecule has 4 aromatic heterocycles. The summed E-state index contributed by atoms with van der Waals surface area (Å²) in [6.07, 6.45) is 7.49. The lowest BCUT2D eigenvalue weighted by molar-refractivity contribution is 1.17. The quantitative estimate of drug-likeness (QED) is 0.184. The van der Waals surface area contributed by atoms with Gasteiger partial charge >= 0.3 is 0 Å². The Hall–Kier alpha value is -6.65. The Labute approximate surface area is 284 Å². The van der Waals surface area contributed by atoms with Crippen LogP contribution in [0.3, 0.4) is 0 Å². The van der Waals surface area contributed by atoms with Gasteiger partial charge in [-0.05, 0) is 88.0 Å². The molecular weight excluding hydrogens is 597 g/mol. The molecule has 49 heavy (non-hydrogen) atoms. The second-order valence-electron chi connectivity index (χ2n) is 12.1. The zero-order valence-corrected chi connectivity index (χ0v) is 26.6. The largest absolute Gasteiger partial charge is 0.308 e. The molecule has 0 atom stereocenters. The van der Waals surface area contributed by atoms with Crippen molar-refractivity contribution in [2.24, 2.45) is 0 Å². The first-order chi connectivity index (χ1) is 24.3. The highest BCUT2D eigenvalue weighted by atomic mass is 15.0. The maximum atomic E-state index is 4.54. The number of fused-ring (bicyclic) bond motifs is 3. The summed E-state index contributed by atoms with van der Waals surface area (Å²) in [5, 5.41) is 2.43. The number of para-hydroxylation sites is 1. The smallest absolute Gasteiger partial charge is 0.0724 e. The molecule has 0 fully saturated rings. The first-order valence-electron chi connectivity index (χ1n) is 16.4. The number of hydrogen-bond acceptors (Lipinski definition) is 3. The predicted molar refractivity (Wildman–Crippen MR) is 201 cm³/mol. The number of aromatic nitrogens is 4. The van der Waals surface area contributed by atoms with E-state index in [1.165, 1.54) is 27.4 Å². The molecule has 0 amide bonds. The van der Waals surface area contributed by atoms with Crippen LogP contribution in [0.25, 0.3) is 83.4 Å². The van der Waals surface area contributed by atoms with Crippen molar-refractivity contribution in [2.45, 2.75) is 0 Å². The van der Waals surface area contributed by atoms with Crippen molar-refractivity contribution < 1.29 is 0 Å². The van der Waals surface area contributed by atoms with Crippen LogP contribution < -0.4 is 0 Å². The van der Waals surface area contributed by atoms with Crippen LogP contribution in [0.5, 0.6) is 0 Å². The zero-order valence-electron chi connectivity index (χ0n) is 26.6. The van der Waals surface area contributed by atoms with E-state index in [1.54, 1.807) is 0 Å². The van der Waals surface area contributed by atoms with E-state index in [4.69, 9.17) is 0 Å². The summed E-state index contributed by atoms with van der Waals surface area (Å²) in [6, 6.07) is 55.8. The minimum Gasteiger partial charge on any atom is -0.308 e. The van der Waals surface area contributed by atoms with E-state index in [0.29, 0.717) is 0 Å². The highest BCUT2D eigenvalue weighted by Crippen LogP contribution is 2.38. The molecule has 0 spiro atoms. The fourth-order valence-corrected chi connectivity index (χ4v) is 6.82. The van der Waals surface area contributed by atoms with Crippen LogP contribution in [0.2, 0.25) is 0 Å². The van der Waals surface area contributed by atoms with Gasteiger partial charge in [0.1, 0.15) is 0 Å². The molecule has 0 bridgehead atoms. The maximum absolute atomic E-state index is 4.54. The lowest BCUT2D eigenvalue weighted by Gasteiger charge is -2.15. The lowest BCUT2D eigenvalue weighted by atomic mass is 9.90. The van der Waals surface area contributed by atoms with E-state index in [2.05, 4.69) is 141 Å². The SMILES string of the molecule is c1ccc(-c2ccc(-c3ccc(-c4ccc(-c5ccccn5)cc4)c(-c4ccc(-n5c6ccccc6c6ccncc65)cc4)c3)cc2)nc1. The Kier molecular flexibility index (Phi) is 7.10. The first-order valence-corrected chi connectivity index (χ1v) is 16.4. The Balaban J connectivity index is 1.14. The van der Waals surface area contributed by atoms with Gasteiger partial charge in [0, 0.05) is 46.2 Å². The molecule has 9 rings (SSSR count). The molecule has 0 radical (unpaired) electrons. The molecule has 0 aliphatic carbocycles. The van der Waals surface area contributed by atoms with Crippen molar-refractivity contribution in [3.05, 3.63) is 183 Å². The molecule has 4 heterocycles. The fourth-order valence-electron chi connectivity index (χ4n) is 6.82. The number of rotatable bonds is 6. The average molecular weight is 627 g/mol. The van der Waals surface area contributed by atoms with Crippen LogP contribution in [0.15, 0.2) is 183 Å². The molecule has 0 N–H and O–H groups in total. The summed E-state index contributed by atoms with van der Waals surface area (Å²) in [5.74, 6) is 0. The second-order valence-corrected chi connectivity index (χ2v) is 12.1. The molecule has 9 aromatic rings. The van der Waals surface area contributed by atoms with Crippen LogP contribution in [0.1, 0.15) is 0 Å². The number of pyridine rings is 3. The number of hydrogen-bond donors (Lipinski definition) is 0. The molecule has 5 aromatic carbocycles. The van der Waals surface area contributed by atoms with E-state index in [0.717, 1.165) is 56.0 Å². The fraction of sp³-hybridized carbons (Fsp3) is 0. The summed E-state index contributed by atoms with van der Waals surface area (Å²) >= 11 is 0. The molecule has 0 unspecified atom stereocenters. The van der Waals surface area contributed by atoms with Gasteiger partial charge in [-0.15, -0.1) is 0 Å². The van der Waals surface area contributed by atoms with E-state index < -0.39 is 0 Å². The number of nitrogens with zero attached hydrogens (tertiary/aromatic N) is 4. The third-order valence-electron chi connectivity index (χ3n) is 9.27. The maximum Gasteiger partial charge on any atom is 0.0724 e. The Morgan fingerprint density at radius 2 is 0.918 bits per heavy atom. The van der Waals surface area contributed by atoms with Gasteiger partial charge in [0.05, 0.1) is 28.6 Å². The summed E-state index contributed by atoms with van der Waals surface area (Å²) in [6.45, 7) is 0. The Morgan fingerprint density at radius 3 is 1.59 bits per heavy atom. The van der Waals surface area contributed by atoms with Gasteiger partial charge in [-0.3, -0.25) is 15.0 Å². The molecule has 0 aliphatic heterocycles. The lowest BCUT2D eigenvalue weighted by Crippen LogP contribution is -1.94. The van der Waals surface area contributed by atoms with Crippen LogP contribution in [-0.2, 0) is 0 Å². The standard InChI is InChI=1S/C45H30N4/c1-2-10-44-39(7-1)40-25-28-46-30-45(40)49(44)37-22-19-33(20-23-37)41-29-36(31-11-15-34(16-12-31)42-8-3-5-26-47-42)21-24-38(41)32-13-17-35(18-14-32)43-9-4-6-27-48-43/h1-30H. The second kappa shape index (κ2) is 12.2. The van der Waals surface area contributed by atoms with Gasteiger partial charge in [0.25, 0.3) is 0 Å². The van der Waals surface area contributed by atoms with Crippen molar-refractivity contribution in [1.82, 2.24) is 19.5 Å². The van der Waals surface area contributed by atoms with Crippen molar-refractivity contribution in [1.29, 1.82) is 0 Å². The van der Waals surface area contributed by atoms with Crippen molar-refractivity contribution in [3.8, 4) is 61.6 Å². The van der Waals surface area contributed by atoms with Crippen LogP contribution in [0, 0.1) is 0 Å². The summed E-state index contributed by atoms with van der Waals surface area (Å²) in [5.41, 5.74) is 14.5. The third-order valence-corrected chi connectivity index (χ3v) is 9.27. The minimum absolute atomic E-state index is 0.967. The summed E-state index contributed by atoms with van der Waals surface area (Å²) in [4.78, 5) is 13.5. The molecule has 0 aliphatic rings. The van der Waals surface area contributed by atoms with E-state index in [9.17, 15) is 0 Å². The van der Waals surface area contributed by atoms with Gasteiger partial charge in [-0.25, -0.2) is 0 Å². The Bertz CT molecular complexity index is 2500. The highest BCUT2D eigenvalue weighted by Gasteiger charge is 2.14. The molecule has 0 saturated heterocycles. The van der Waals surface area contributed by atoms with Gasteiger partial charge in [0.15, 0.2) is 0 Å². The topological polar surface area (TPSA) is 43.6 Å². The summed E-state index contributed by atoms with van der Waals surface area (Å²) < 4.78 is 2.30. The van der Waals surface area contributed by atoms with Gasteiger partial charge in [-0.1, -0.05) is 103 Å². The average Bonchev–Trinajstić information content (AvgIpc) is 3.53. The number of benzene rings is 5. The van der Waals surface area contributed by atoms with Crippen LogP contribution in [-0.4, -0.2) is 19.5 Å². The van der Waals surface area contributed by atoms with E-state index in [-0.39, 0.29) is 0 Å². The van der Waals surface area contributed by atoms with Crippen molar-refractivity contribution >= 4 is 21.8 Å². The monoisotopic (exact) mass is 626 g/mol. The predicted octanol–water partition coefficient (Wildman–Crippen LogP) is 11.3. The van der Waals surface area contributed by atoms with Crippen molar-refractivity contribution in [2.75, 3.05) is 0 Å². The van der Waals surface area contributed by atoms with Gasteiger partial charge in [0.2, 0.25) is 0 Å². The summed E-state index contributed by atoms with van der Waals surface area (Å²) in [7, 11) is 0. The molecule has 4 nitrogen and oxygen atoms in total. The first kappa shape index (κ1) is 28.6. The normalized spacial score (nSPS) is 11.3. The van der Waals surface area contributed by atoms with Gasteiger partial charge < -0.3 is 4.57 Å². The zero-order chi connectivity index (χ0) is 32.6. The van der Waals surface area contributed by atoms with E-state index >= 15 is 0 Å². The molecule has 230 valence electrons. The third kappa shape index (κ3) is 5.26. The molecular formula is C45H30N4. The van der Waals surface area contributed by atoms with E-state index in [1.807, 2.05) is 61.2 Å². The minimum atomic E-state index is 0.967. The Morgan fingerprint density at radius 1 is 0.367 bits per heavy atom. The van der Waals surface area contributed by atoms with Crippen LogP contribution in [0.4, 0.5) is 0 Å². The molecule has 0 saturated carbocycles. The van der Waals surface area contributed by atoms with Gasteiger partial charge in [-0.2, -0.15) is 0 Å². The van der Waals surface area contributed by atoms with Crippen LogP contribution >= 0.6 is 0 Å². The van der Waals surface area contributed by atoms with Crippen molar-refractivity contribution in [3.63, 3.8) is 0 Å². The molecule has 4 heteroatoms. The highest BCUT2D eigenvalue weighted by molar-refractivity contribution is 6.09.